The molecular formula is C22H20N4O3S. The number of aryl methyl sites for hydroxylation is 1. The van der Waals surface area contributed by atoms with Crippen LogP contribution in [0.25, 0.3) is 17.1 Å². The summed E-state index contributed by atoms with van der Waals surface area (Å²) in [4.78, 5) is 12.5. The van der Waals surface area contributed by atoms with E-state index in [1.165, 1.54) is 11.8 Å². The fraction of sp³-hybridized carbons (Fsp3) is 0.136. The van der Waals surface area contributed by atoms with Crippen molar-refractivity contribution in [2.45, 2.75) is 12.1 Å². The third kappa shape index (κ3) is 4.08. The monoisotopic (exact) mass is 420 g/mol. The Morgan fingerprint density at radius 2 is 1.87 bits per heavy atom. The van der Waals surface area contributed by atoms with Crippen LogP contribution in [-0.4, -0.2) is 33.5 Å². The standard InChI is InChI=1S/C22H20N4O3S/c1-15-17(12-13-29-15)21-24-25-22(26(21)16-8-4-3-5-9-16)30-14-20(27)23-18-10-6-7-11-19(18)28-2/h3-13H,14H2,1-2H3,(H,23,27). The van der Waals surface area contributed by atoms with Crippen LogP contribution in [0.4, 0.5) is 5.69 Å². The summed E-state index contributed by atoms with van der Waals surface area (Å²) in [5.41, 5.74) is 2.40. The van der Waals surface area contributed by atoms with Gasteiger partial charge in [0.05, 0.1) is 30.4 Å². The zero-order valence-electron chi connectivity index (χ0n) is 16.5. The largest absolute Gasteiger partial charge is 0.495 e. The van der Waals surface area contributed by atoms with Gasteiger partial charge in [0.1, 0.15) is 11.5 Å². The predicted molar refractivity (Wildman–Crippen MR) is 116 cm³/mol. The van der Waals surface area contributed by atoms with Crippen molar-refractivity contribution in [3.05, 3.63) is 72.7 Å². The van der Waals surface area contributed by atoms with E-state index in [-0.39, 0.29) is 11.7 Å². The Balaban J connectivity index is 1.58. The van der Waals surface area contributed by atoms with Gasteiger partial charge in [-0.3, -0.25) is 9.36 Å². The van der Waals surface area contributed by atoms with Crippen LogP contribution in [0.1, 0.15) is 5.76 Å². The van der Waals surface area contributed by atoms with Gasteiger partial charge in [-0.05, 0) is 37.3 Å². The Morgan fingerprint density at radius 3 is 2.60 bits per heavy atom. The maximum Gasteiger partial charge on any atom is 0.234 e. The maximum absolute atomic E-state index is 12.5. The first kappa shape index (κ1) is 19.8. The summed E-state index contributed by atoms with van der Waals surface area (Å²) in [6, 6.07) is 19.0. The molecule has 0 saturated heterocycles. The number of anilines is 1. The molecule has 2 heterocycles. The highest BCUT2D eigenvalue weighted by Gasteiger charge is 2.19. The van der Waals surface area contributed by atoms with Gasteiger partial charge < -0.3 is 14.5 Å². The molecule has 0 unspecified atom stereocenters. The highest BCUT2D eigenvalue weighted by atomic mass is 32.2. The van der Waals surface area contributed by atoms with Crippen molar-refractivity contribution in [3.63, 3.8) is 0 Å². The lowest BCUT2D eigenvalue weighted by Crippen LogP contribution is -2.15. The normalized spacial score (nSPS) is 10.7. The fourth-order valence-electron chi connectivity index (χ4n) is 3.03. The van der Waals surface area contributed by atoms with Gasteiger partial charge in [0, 0.05) is 5.69 Å². The van der Waals surface area contributed by atoms with Crippen molar-refractivity contribution >= 4 is 23.4 Å². The average Bonchev–Trinajstić information content (AvgIpc) is 3.39. The number of carbonyl (C=O) groups is 1. The molecule has 0 fully saturated rings. The van der Waals surface area contributed by atoms with Gasteiger partial charge in [0.25, 0.3) is 0 Å². The molecule has 2 aromatic carbocycles. The molecule has 0 saturated carbocycles. The number of furan rings is 1. The zero-order valence-corrected chi connectivity index (χ0v) is 17.3. The summed E-state index contributed by atoms with van der Waals surface area (Å²) in [6.45, 7) is 1.88. The van der Waals surface area contributed by atoms with Crippen LogP contribution in [-0.2, 0) is 4.79 Å². The molecule has 152 valence electrons. The van der Waals surface area contributed by atoms with Gasteiger partial charge in [0.2, 0.25) is 5.91 Å². The number of para-hydroxylation sites is 3. The number of aromatic nitrogens is 3. The molecule has 1 N–H and O–H groups in total. The highest BCUT2D eigenvalue weighted by molar-refractivity contribution is 7.99. The Hall–Kier alpha value is -3.52. The smallest absolute Gasteiger partial charge is 0.234 e. The topological polar surface area (TPSA) is 82.2 Å². The Morgan fingerprint density at radius 1 is 1.10 bits per heavy atom. The van der Waals surface area contributed by atoms with Crippen LogP contribution in [0.15, 0.2) is 76.5 Å². The highest BCUT2D eigenvalue weighted by Crippen LogP contribution is 2.30. The van der Waals surface area contributed by atoms with Crippen LogP contribution in [0, 0.1) is 6.92 Å². The summed E-state index contributed by atoms with van der Waals surface area (Å²) < 4.78 is 12.7. The van der Waals surface area contributed by atoms with Gasteiger partial charge in [-0.25, -0.2) is 0 Å². The molecule has 0 aliphatic rings. The number of hydrogen-bond donors (Lipinski definition) is 1. The Labute approximate surface area is 178 Å². The number of rotatable bonds is 7. The van der Waals surface area contributed by atoms with Crippen LogP contribution in [0.3, 0.4) is 0 Å². The average molecular weight is 420 g/mol. The molecule has 7 nitrogen and oxygen atoms in total. The first-order valence-electron chi connectivity index (χ1n) is 9.28. The summed E-state index contributed by atoms with van der Waals surface area (Å²) in [5.74, 6) is 2.05. The first-order valence-corrected chi connectivity index (χ1v) is 10.3. The molecule has 30 heavy (non-hydrogen) atoms. The van der Waals surface area contributed by atoms with E-state index in [0.717, 1.165) is 17.0 Å². The van der Waals surface area contributed by atoms with Crippen molar-refractivity contribution < 1.29 is 13.9 Å². The molecule has 2 aromatic heterocycles. The molecular weight excluding hydrogens is 400 g/mol. The molecule has 8 heteroatoms. The Bertz CT molecular complexity index is 1150. The lowest BCUT2D eigenvalue weighted by molar-refractivity contribution is -0.113. The van der Waals surface area contributed by atoms with Crippen molar-refractivity contribution in [2.75, 3.05) is 18.2 Å². The number of methoxy groups -OCH3 is 1. The van der Waals surface area contributed by atoms with E-state index in [2.05, 4.69) is 15.5 Å². The number of carbonyl (C=O) groups excluding carboxylic acids is 1. The third-order valence-corrected chi connectivity index (χ3v) is 5.39. The Kier molecular flexibility index (Phi) is 5.85. The van der Waals surface area contributed by atoms with E-state index >= 15 is 0 Å². The number of nitrogens with one attached hydrogen (secondary N) is 1. The molecule has 0 radical (unpaired) electrons. The minimum atomic E-state index is -0.159. The molecule has 1 amide bonds. The summed E-state index contributed by atoms with van der Waals surface area (Å²) >= 11 is 1.31. The molecule has 0 aliphatic carbocycles. The number of nitrogens with zero attached hydrogens (tertiary/aromatic N) is 3. The van der Waals surface area contributed by atoms with E-state index in [4.69, 9.17) is 9.15 Å². The van der Waals surface area contributed by atoms with E-state index < -0.39 is 0 Å². The summed E-state index contributed by atoms with van der Waals surface area (Å²) in [5, 5.41) is 12.2. The first-order chi connectivity index (χ1) is 14.7. The van der Waals surface area contributed by atoms with E-state index in [1.807, 2.05) is 60.0 Å². The molecule has 4 rings (SSSR count). The quantitative estimate of drug-likeness (QED) is 0.441. The summed E-state index contributed by atoms with van der Waals surface area (Å²) in [7, 11) is 1.57. The van der Waals surface area contributed by atoms with Crippen molar-refractivity contribution in [1.82, 2.24) is 14.8 Å². The lowest BCUT2D eigenvalue weighted by Gasteiger charge is -2.11. The second-order valence-electron chi connectivity index (χ2n) is 6.40. The van der Waals surface area contributed by atoms with Crippen LogP contribution in [0.5, 0.6) is 5.75 Å². The second kappa shape index (κ2) is 8.87. The van der Waals surface area contributed by atoms with Gasteiger partial charge >= 0.3 is 0 Å². The minimum Gasteiger partial charge on any atom is -0.495 e. The number of ether oxygens (including phenoxy) is 1. The minimum absolute atomic E-state index is 0.159. The van der Waals surface area contributed by atoms with Gasteiger partial charge in [-0.2, -0.15) is 0 Å². The summed E-state index contributed by atoms with van der Waals surface area (Å²) in [6.07, 6.45) is 1.63. The van der Waals surface area contributed by atoms with E-state index in [0.29, 0.717) is 22.4 Å². The fourth-order valence-corrected chi connectivity index (χ4v) is 3.78. The zero-order chi connectivity index (χ0) is 20.9. The van der Waals surface area contributed by atoms with Crippen LogP contribution < -0.4 is 10.1 Å². The van der Waals surface area contributed by atoms with E-state index in [9.17, 15) is 4.79 Å². The number of benzene rings is 2. The van der Waals surface area contributed by atoms with Crippen molar-refractivity contribution in [1.29, 1.82) is 0 Å². The van der Waals surface area contributed by atoms with Crippen molar-refractivity contribution in [2.24, 2.45) is 0 Å². The van der Waals surface area contributed by atoms with Gasteiger partial charge in [0.15, 0.2) is 11.0 Å². The predicted octanol–water partition coefficient (Wildman–Crippen LogP) is 4.58. The molecule has 0 aliphatic heterocycles. The number of hydrogen-bond acceptors (Lipinski definition) is 6. The SMILES string of the molecule is COc1ccccc1NC(=O)CSc1nnc(-c2ccoc2C)n1-c1ccccc1. The van der Waals surface area contributed by atoms with Crippen molar-refractivity contribution in [3.8, 4) is 22.8 Å². The lowest BCUT2D eigenvalue weighted by atomic mass is 10.2. The van der Waals surface area contributed by atoms with Gasteiger partial charge in [-0.1, -0.05) is 42.1 Å². The molecule has 4 aromatic rings. The second-order valence-corrected chi connectivity index (χ2v) is 7.35. The molecule has 0 bridgehead atoms. The maximum atomic E-state index is 12.5. The van der Waals surface area contributed by atoms with E-state index in [1.54, 1.807) is 25.5 Å². The third-order valence-electron chi connectivity index (χ3n) is 4.46. The van der Waals surface area contributed by atoms with Crippen LogP contribution >= 0.6 is 11.8 Å². The number of amides is 1. The van der Waals surface area contributed by atoms with Gasteiger partial charge in [-0.15, -0.1) is 10.2 Å². The molecule has 0 atom stereocenters. The van der Waals surface area contributed by atoms with Crippen LogP contribution in [0.2, 0.25) is 0 Å². The molecule has 0 spiro atoms. The number of thioether (sulfide) groups is 1.